The number of thiazole rings is 1. The highest BCUT2D eigenvalue weighted by atomic mass is 32.1. The van der Waals surface area contributed by atoms with Crippen molar-refractivity contribution < 1.29 is 9.53 Å². The highest BCUT2D eigenvalue weighted by Crippen LogP contribution is 2.20. The Bertz CT molecular complexity index is 850. The van der Waals surface area contributed by atoms with Gasteiger partial charge in [-0.2, -0.15) is 0 Å². The molecular formula is C22H24N2O2S. The molecule has 1 atom stereocenters. The van der Waals surface area contributed by atoms with Crippen LogP contribution in [0.4, 0.5) is 0 Å². The van der Waals surface area contributed by atoms with Crippen LogP contribution in [0.3, 0.4) is 0 Å². The van der Waals surface area contributed by atoms with E-state index in [1.807, 2.05) is 52.7 Å². The van der Waals surface area contributed by atoms with Crippen molar-refractivity contribution in [2.75, 3.05) is 0 Å². The fourth-order valence-electron chi connectivity index (χ4n) is 2.78. The summed E-state index contributed by atoms with van der Waals surface area (Å²) in [5, 5.41) is 1.96. The Morgan fingerprint density at radius 3 is 2.70 bits per heavy atom. The highest BCUT2D eigenvalue weighted by Gasteiger charge is 2.21. The maximum absolute atomic E-state index is 13.2. The summed E-state index contributed by atoms with van der Waals surface area (Å²) in [5.41, 5.74) is 4.44. The molecule has 140 valence electrons. The third-order valence-corrected chi connectivity index (χ3v) is 5.17. The molecule has 3 aromatic rings. The molecule has 3 rings (SSSR count). The second-order valence-corrected chi connectivity index (χ2v) is 7.19. The summed E-state index contributed by atoms with van der Waals surface area (Å²) in [6.45, 7) is 5.19. The molecule has 2 aromatic carbocycles. The second-order valence-electron chi connectivity index (χ2n) is 6.47. The summed E-state index contributed by atoms with van der Waals surface area (Å²) in [7, 11) is 0. The molecule has 0 saturated heterocycles. The lowest BCUT2D eigenvalue weighted by molar-refractivity contribution is 0.0671. The number of nitrogens with zero attached hydrogens (tertiary/aromatic N) is 2. The van der Waals surface area contributed by atoms with Crippen molar-refractivity contribution in [3.8, 4) is 5.75 Å². The molecule has 0 saturated carbocycles. The van der Waals surface area contributed by atoms with Gasteiger partial charge in [0.2, 0.25) is 0 Å². The van der Waals surface area contributed by atoms with Gasteiger partial charge in [-0.3, -0.25) is 4.79 Å². The molecule has 1 aromatic heterocycles. The van der Waals surface area contributed by atoms with Crippen LogP contribution >= 0.6 is 11.3 Å². The van der Waals surface area contributed by atoms with Crippen molar-refractivity contribution in [2.45, 2.75) is 39.5 Å². The van der Waals surface area contributed by atoms with Gasteiger partial charge in [0.25, 0.3) is 5.91 Å². The zero-order chi connectivity index (χ0) is 19.1. The second kappa shape index (κ2) is 9.33. The Hall–Kier alpha value is -2.66. The van der Waals surface area contributed by atoms with E-state index in [-0.39, 0.29) is 11.9 Å². The van der Waals surface area contributed by atoms with Gasteiger partial charge in [-0.25, -0.2) is 4.98 Å². The number of carbonyl (C=O) groups is 1. The van der Waals surface area contributed by atoms with E-state index in [0.717, 1.165) is 17.7 Å². The molecule has 0 fully saturated rings. The minimum Gasteiger partial charge on any atom is -0.487 e. The van der Waals surface area contributed by atoms with E-state index in [4.69, 9.17) is 4.74 Å². The van der Waals surface area contributed by atoms with Crippen LogP contribution < -0.4 is 4.74 Å². The molecule has 5 heteroatoms. The standard InChI is InChI=1S/C22H24N2O2S/c1-3-17(2)24(13-18-8-5-4-6-9-18)22(25)19-10-7-11-21(12-19)26-14-20-15-27-16-23-20/h4-12,15-17H,3,13-14H2,1-2H3. The molecule has 27 heavy (non-hydrogen) atoms. The van der Waals surface area contributed by atoms with Gasteiger partial charge >= 0.3 is 0 Å². The fraction of sp³-hybridized carbons (Fsp3) is 0.273. The molecule has 0 aliphatic carbocycles. The molecule has 1 heterocycles. The predicted octanol–water partition coefficient (Wildman–Crippen LogP) is 5.16. The predicted molar refractivity (Wildman–Crippen MR) is 109 cm³/mol. The summed E-state index contributed by atoms with van der Waals surface area (Å²) < 4.78 is 5.80. The van der Waals surface area contributed by atoms with Crippen LogP contribution in [0.1, 0.15) is 41.9 Å². The van der Waals surface area contributed by atoms with Crippen molar-refractivity contribution in [1.82, 2.24) is 9.88 Å². The van der Waals surface area contributed by atoms with E-state index in [2.05, 4.69) is 31.0 Å². The SMILES string of the molecule is CCC(C)N(Cc1ccccc1)C(=O)c1cccc(OCc2cscn2)c1. The van der Waals surface area contributed by atoms with Gasteiger partial charge in [-0.1, -0.05) is 43.3 Å². The Balaban J connectivity index is 1.75. The average Bonchev–Trinajstić information content (AvgIpc) is 3.24. The highest BCUT2D eigenvalue weighted by molar-refractivity contribution is 7.07. The lowest BCUT2D eigenvalue weighted by atomic mass is 10.1. The van der Waals surface area contributed by atoms with E-state index in [0.29, 0.717) is 24.5 Å². The van der Waals surface area contributed by atoms with Crippen LogP contribution in [0.15, 0.2) is 65.5 Å². The first kappa shape index (κ1) is 19.1. The fourth-order valence-corrected chi connectivity index (χ4v) is 3.32. The number of hydrogen-bond acceptors (Lipinski definition) is 4. The van der Waals surface area contributed by atoms with Crippen LogP contribution in [-0.2, 0) is 13.2 Å². The van der Waals surface area contributed by atoms with Gasteiger partial charge < -0.3 is 9.64 Å². The Morgan fingerprint density at radius 1 is 1.19 bits per heavy atom. The molecule has 1 unspecified atom stereocenters. The third kappa shape index (κ3) is 5.17. The van der Waals surface area contributed by atoms with Crippen molar-refractivity contribution in [3.05, 3.63) is 82.3 Å². The first-order valence-corrected chi connectivity index (χ1v) is 10.1. The molecule has 0 aliphatic heterocycles. The van der Waals surface area contributed by atoms with Crippen LogP contribution in [0.25, 0.3) is 0 Å². The topological polar surface area (TPSA) is 42.4 Å². The van der Waals surface area contributed by atoms with Crippen molar-refractivity contribution in [2.24, 2.45) is 0 Å². The van der Waals surface area contributed by atoms with Gasteiger partial charge in [0.05, 0.1) is 11.2 Å². The van der Waals surface area contributed by atoms with E-state index < -0.39 is 0 Å². The Kier molecular flexibility index (Phi) is 6.60. The summed E-state index contributed by atoms with van der Waals surface area (Å²) in [5.74, 6) is 0.699. The summed E-state index contributed by atoms with van der Waals surface area (Å²) >= 11 is 1.54. The molecule has 0 bridgehead atoms. The zero-order valence-corrected chi connectivity index (χ0v) is 16.5. The van der Waals surface area contributed by atoms with Gasteiger partial charge in [0.1, 0.15) is 12.4 Å². The summed E-state index contributed by atoms with van der Waals surface area (Å²) in [6.07, 6.45) is 0.901. The molecule has 0 spiro atoms. The monoisotopic (exact) mass is 380 g/mol. The minimum atomic E-state index is 0.0207. The number of hydrogen-bond donors (Lipinski definition) is 0. The van der Waals surface area contributed by atoms with E-state index in [1.165, 1.54) is 0 Å². The number of carbonyl (C=O) groups excluding carboxylic acids is 1. The molecule has 4 nitrogen and oxygen atoms in total. The maximum Gasteiger partial charge on any atom is 0.254 e. The van der Waals surface area contributed by atoms with Crippen LogP contribution in [0, 0.1) is 0 Å². The van der Waals surface area contributed by atoms with Crippen LogP contribution in [-0.4, -0.2) is 21.8 Å². The lowest BCUT2D eigenvalue weighted by Crippen LogP contribution is -2.37. The summed E-state index contributed by atoms with van der Waals surface area (Å²) in [6, 6.07) is 17.6. The van der Waals surface area contributed by atoms with Gasteiger partial charge in [-0.05, 0) is 37.1 Å². The largest absolute Gasteiger partial charge is 0.487 e. The minimum absolute atomic E-state index is 0.0207. The van der Waals surface area contributed by atoms with E-state index in [9.17, 15) is 4.79 Å². The first-order chi connectivity index (χ1) is 13.2. The van der Waals surface area contributed by atoms with Gasteiger partial charge in [-0.15, -0.1) is 11.3 Å². The van der Waals surface area contributed by atoms with Crippen molar-refractivity contribution >= 4 is 17.2 Å². The molecule has 0 radical (unpaired) electrons. The molecule has 0 N–H and O–H groups in total. The van der Waals surface area contributed by atoms with E-state index >= 15 is 0 Å². The van der Waals surface area contributed by atoms with Crippen LogP contribution in [0.2, 0.25) is 0 Å². The van der Waals surface area contributed by atoms with Crippen LogP contribution in [0.5, 0.6) is 5.75 Å². The van der Waals surface area contributed by atoms with Gasteiger partial charge in [0, 0.05) is 23.5 Å². The molecular weight excluding hydrogens is 356 g/mol. The lowest BCUT2D eigenvalue weighted by Gasteiger charge is -2.29. The first-order valence-electron chi connectivity index (χ1n) is 9.12. The number of amides is 1. The summed E-state index contributed by atoms with van der Waals surface area (Å²) in [4.78, 5) is 19.3. The quantitative estimate of drug-likeness (QED) is 0.542. The number of benzene rings is 2. The normalized spacial score (nSPS) is 11.8. The Morgan fingerprint density at radius 2 is 2.00 bits per heavy atom. The van der Waals surface area contributed by atoms with Crippen molar-refractivity contribution in [1.29, 1.82) is 0 Å². The Labute approximate surface area is 164 Å². The smallest absolute Gasteiger partial charge is 0.254 e. The maximum atomic E-state index is 13.2. The number of aromatic nitrogens is 1. The average molecular weight is 381 g/mol. The van der Waals surface area contributed by atoms with Gasteiger partial charge in [0.15, 0.2) is 0 Å². The zero-order valence-electron chi connectivity index (χ0n) is 15.7. The van der Waals surface area contributed by atoms with E-state index in [1.54, 1.807) is 16.8 Å². The van der Waals surface area contributed by atoms with Crippen molar-refractivity contribution in [3.63, 3.8) is 0 Å². The third-order valence-electron chi connectivity index (χ3n) is 4.53. The molecule has 0 aliphatic rings. The number of rotatable bonds is 8. The number of ether oxygens (including phenoxy) is 1. The molecule has 1 amide bonds.